The highest BCUT2D eigenvalue weighted by Crippen LogP contribution is 2.32. The Kier molecular flexibility index (Phi) is 7.27. The summed E-state index contributed by atoms with van der Waals surface area (Å²) in [6.45, 7) is 5.11. The number of ether oxygens (including phenoxy) is 3. The zero-order chi connectivity index (χ0) is 15.9. The van der Waals surface area contributed by atoms with Crippen molar-refractivity contribution in [2.45, 2.75) is 26.5 Å². The molecule has 0 bridgehead atoms. The maximum Gasteiger partial charge on any atom is 0.573 e. The van der Waals surface area contributed by atoms with E-state index in [4.69, 9.17) is 9.47 Å². The van der Waals surface area contributed by atoms with Crippen molar-refractivity contribution in [3.8, 4) is 5.75 Å². The van der Waals surface area contributed by atoms with Crippen LogP contribution >= 0.6 is 15.9 Å². The first-order chi connectivity index (χ1) is 9.85. The molecule has 0 aliphatic rings. The van der Waals surface area contributed by atoms with Gasteiger partial charge in [-0.25, -0.2) is 0 Å². The van der Waals surface area contributed by atoms with Crippen LogP contribution in [-0.2, 0) is 9.47 Å². The molecule has 0 atom stereocenters. The smallest absolute Gasteiger partial charge is 0.405 e. The van der Waals surface area contributed by atoms with Crippen LogP contribution in [0.5, 0.6) is 5.75 Å². The molecule has 0 aliphatic heterocycles. The van der Waals surface area contributed by atoms with Gasteiger partial charge in [-0.05, 0) is 48.0 Å². The molecule has 8 heteroatoms. The second kappa shape index (κ2) is 8.45. The minimum Gasteiger partial charge on any atom is -0.405 e. The lowest BCUT2D eigenvalue weighted by Gasteiger charge is -2.18. The predicted molar refractivity (Wildman–Crippen MR) is 76.4 cm³/mol. The van der Waals surface area contributed by atoms with E-state index in [0.29, 0.717) is 25.4 Å². The molecule has 1 rings (SSSR count). The molecule has 0 unspecified atom stereocenters. The summed E-state index contributed by atoms with van der Waals surface area (Å²) in [5.74, 6) is -0.292. The highest BCUT2D eigenvalue weighted by atomic mass is 79.9. The molecule has 1 aromatic carbocycles. The summed E-state index contributed by atoms with van der Waals surface area (Å²) in [6.07, 6.45) is -5.13. The fourth-order valence-corrected chi connectivity index (χ4v) is 2.02. The van der Waals surface area contributed by atoms with E-state index in [1.807, 2.05) is 13.8 Å². The molecule has 4 nitrogen and oxygen atoms in total. The predicted octanol–water partition coefficient (Wildman–Crippen LogP) is 4.16. The first-order valence-corrected chi connectivity index (χ1v) is 7.17. The molecule has 1 N–H and O–H groups in total. The van der Waals surface area contributed by atoms with E-state index in [1.165, 1.54) is 18.2 Å². The van der Waals surface area contributed by atoms with Gasteiger partial charge in [0.15, 0.2) is 6.29 Å². The number of rotatable bonds is 8. The number of halogens is 4. The number of alkyl halides is 3. The van der Waals surface area contributed by atoms with Crippen LogP contribution in [0.15, 0.2) is 22.7 Å². The van der Waals surface area contributed by atoms with E-state index < -0.39 is 12.7 Å². The maximum absolute atomic E-state index is 12.2. The van der Waals surface area contributed by atoms with Crippen molar-refractivity contribution in [1.29, 1.82) is 0 Å². The van der Waals surface area contributed by atoms with Crippen molar-refractivity contribution < 1.29 is 27.4 Å². The summed E-state index contributed by atoms with van der Waals surface area (Å²) in [5.41, 5.74) is 0.626. The molecule has 0 heterocycles. The lowest BCUT2D eigenvalue weighted by molar-refractivity contribution is -0.274. The molecule has 21 heavy (non-hydrogen) atoms. The Morgan fingerprint density at radius 1 is 1.19 bits per heavy atom. The number of nitrogens with one attached hydrogen (secondary N) is 1. The Morgan fingerprint density at radius 2 is 1.81 bits per heavy atom. The van der Waals surface area contributed by atoms with Crippen molar-refractivity contribution in [3.05, 3.63) is 22.7 Å². The SMILES string of the molecule is CCOC(CNc1ccc(OC(F)(F)F)c(Br)c1)OCC. The summed E-state index contributed by atoms with van der Waals surface area (Å²) >= 11 is 3.04. The van der Waals surface area contributed by atoms with E-state index in [2.05, 4.69) is 26.0 Å². The quantitative estimate of drug-likeness (QED) is 0.696. The fraction of sp³-hybridized carbons (Fsp3) is 0.538. The van der Waals surface area contributed by atoms with E-state index in [9.17, 15) is 13.2 Å². The monoisotopic (exact) mass is 371 g/mol. The fourth-order valence-electron chi connectivity index (χ4n) is 1.56. The minimum absolute atomic E-state index is 0.203. The Hall–Kier alpha value is -0.990. The Labute approximate surface area is 129 Å². The van der Waals surface area contributed by atoms with Gasteiger partial charge in [-0.3, -0.25) is 0 Å². The summed E-state index contributed by atoms with van der Waals surface area (Å²) in [4.78, 5) is 0. The van der Waals surface area contributed by atoms with Crippen LogP contribution in [0.25, 0.3) is 0 Å². The Balaban J connectivity index is 2.62. The molecule has 0 aromatic heterocycles. The van der Waals surface area contributed by atoms with Gasteiger partial charge >= 0.3 is 6.36 Å². The molecule has 0 saturated heterocycles. The van der Waals surface area contributed by atoms with Gasteiger partial charge in [-0.2, -0.15) is 0 Å². The number of benzene rings is 1. The average molecular weight is 372 g/mol. The zero-order valence-electron chi connectivity index (χ0n) is 11.7. The number of hydrogen-bond donors (Lipinski definition) is 1. The van der Waals surface area contributed by atoms with Gasteiger partial charge in [0, 0.05) is 18.9 Å². The van der Waals surface area contributed by atoms with Crippen LogP contribution in [0.2, 0.25) is 0 Å². The molecule has 0 amide bonds. The van der Waals surface area contributed by atoms with Crippen molar-refractivity contribution in [3.63, 3.8) is 0 Å². The van der Waals surface area contributed by atoms with E-state index >= 15 is 0 Å². The Bertz CT molecular complexity index is 437. The van der Waals surface area contributed by atoms with Crippen molar-refractivity contribution in [1.82, 2.24) is 0 Å². The van der Waals surface area contributed by atoms with Gasteiger partial charge in [-0.1, -0.05) is 0 Å². The number of anilines is 1. The summed E-state index contributed by atoms with van der Waals surface area (Å²) in [5, 5.41) is 3.03. The van der Waals surface area contributed by atoms with Gasteiger partial charge < -0.3 is 19.5 Å². The van der Waals surface area contributed by atoms with Crippen LogP contribution in [0, 0.1) is 0 Å². The molecule has 0 radical (unpaired) electrons. The van der Waals surface area contributed by atoms with Crippen LogP contribution < -0.4 is 10.1 Å². The normalized spacial score (nSPS) is 11.8. The minimum atomic E-state index is -4.72. The first-order valence-electron chi connectivity index (χ1n) is 6.38. The lowest BCUT2D eigenvalue weighted by Crippen LogP contribution is -2.26. The second-order valence-electron chi connectivity index (χ2n) is 3.91. The molecular weight excluding hydrogens is 355 g/mol. The summed E-state index contributed by atoms with van der Waals surface area (Å²) in [6, 6.07) is 4.22. The first kappa shape index (κ1) is 18.1. The molecule has 1 aromatic rings. The largest absolute Gasteiger partial charge is 0.573 e. The van der Waals surface area contributed by atoms with Crippen molar-refractivity contribution in [2.75, 3.05) is 25.1 Å². The summed E-state index contributed by atoms with van der Waals surface area (Å²) < 4.78 is 51.2. The van der Waals surface area contributed by atoms with Gasteiger partial charge in [-0.15, -0.1) is 13.2 Å². The van der Waals surface area contributed by atoms with Crippen LogP contribution in [-0.4, -0.2) is 32.4 Å². The van der Waals surface area contributed by atoms with Gasteiger partial charge in [0.25, 0.3) is 0 Å². The van der Waals surface area contributed by atoms with Crippen LogP contribution in [0.3, 0.4) is 0 Å². The topological polar surface area (TPSA) is 39.7 Å². The second-order valence-corrected chi connectivity index (χ2v) is 4.77. The third kappa shape index (κ3) is 7.01. The van der Waals surface area contributed by atoms with Crippen LogP contribution in [0.1, 0.15) is 13.8 Å². The van der Waals surface area contributed by atoms with Crippen molar-refractivity contribution in [2.24, 2.45) is 0 Å². The van der Waals surface area contributed by atoms with Gasteiger partial charge in [0.1, 0.15) is 5.75 Å². The van der Waals surface area contributed by atoms with Gasteiger partial charge in [0.2, 0.25) is 0 Å². The van der Waals surface area contributed by atoms with Crippen LogP contribution in [0.4, 0.5) is 18.9 Å². The lowest BCUT2D eigenvalue weighted by atomic mass is 10.3. The van der Waals surface area contributed by atoms with E-state index in [-0.39, 0.29) is 10.2 Å². The summed E-state index contributed by atoms with van der Waals surface area (Å²) in [7, 11) is 0. The highest BCUT2D eigenvalue weighted by Gasteiger charge is 2.31. The molecule has 0 spiro atoms. The Morgan fingerprint density at radius 3 is 2.29 bits per heavy atom. The third-order valence-electron chi connectivity index (χ3n) is 2.34. The van der Waals surface area contributed by atoms with E-state index in [1.54, 1.807) is 0 Å². The highest BCUT2D eigenvalue weighted by molar-refractivity contribution is 9.10. The number of hydrogen-bond acceptors (Lipinski definition) is 4. The zero-order valence-corrected chi connectivity index (χ0v) is 13.3. The van der Waals surface area contributed by atoms with Crippen molar-refractivity contribution >= 4 is 21.6 Å². The average Bonchev–Trinajstić information content (AvgIpc) is 2.38. The molecular formula is C13H17BrF3NO3. The maximum atomic E-state index is 12.2. The standard InChI is InChI=1S/C13H17BrF3NO3/c1-3-19-12(20-4-2)8-18-9-5-6-11(10(14)7-9)21-13(15,16)17/h5-7,12,18H,3-4,8H2,1-2H3. The molecule has 0 aliphatic carbocycles. The molecule has 0 fully saturated rings. The van der Waals surface area contributed by atoms with Gasteiger partial charge in [0.05, 0.1) is 11.0 Å². The van der Waals surface area contributed by atoms with E-state index in [0.717, 1.165) is 0 Å². The molecule has 120 valence electrons. The molecule has 0 saturated carbocycles. The third-order valence-corrected chi connectivity index (χ3v) is 2.96.